The molecule has 1 aliphatic heterocycles. The van der Waals surface area contributed by atoms with Gasteiger partial charge in [-0.3, -0.25) is 29.1 Å². The maximum absolute atomic E-state index is 13.5. The van der Waals surface area contributed by atoms with Crippen molar-refractivity contribution >= 4 is 47.5 Å². The molecule has 3 amide bonds. The van der Waals surface area contributed by atoms with Crippen LogP contribution in [0.1, 0.15) is 96.1 Å². The van der Waals surface area contributed by atoms with Crippen LogP contribution in [-0.2, 0) is 60.4 Å². The zero-order valence-electron chi connectivity index (χ0n) is 30.5. The number of thiol groups is 1. The van der Waals surface area contributed by atoms with E-state index in [2.05, 4.69) is 39.6 Å². The van der Waals surface area contributed by atoms with Gasteiger partial charge in [-0.25, -0.2) is 12.6 Å². The first-order valence-corrected chi connectivity index (χ1v) is 17.6. The SMILES string of the molecule is [3H]c1[c-]cc(CC(CC(C)C(C)=O)NC(=O)c2csc([CH-]CC(NC(=O)C(NC(=O)C3CCCN3C)C(C)CC)C(C)C)n2)cc1S.[U].[V].[W]. The number of nitrogens with one attached hydrogen (secondary N) is 3. The van der Waals surface area contributed by atoms with Crippen LogP contribution in [-0.4, -0.2) is 71.1 Å². The van der Waals surface area contributed by atoms with Gasteiger partial charge in [0.05, 0.1) is 6.04 Å². The van der Waals surface area contributed by atoms with E-state index in [0.29, 0.717) is 29.2 Å². The van der Waals surface area contributed by atoms with E-state index in [9.17, 15) is 19.2 Å². The summed E-state index contributed by atoms with van der Waals surface area (Å²) in [6, 6.07) is 5.21. The smallest absolute Gasteiger partial charge is 0.270 e. The Bertz CT molecular complexity index is 1410. The van der Waals surface area contributed by atoms with E-state index >= 15 is 0 Å². The minimum atomic E-state index is -0.626. The Morgan fingerprint density at radius 2 is 1.90 bits per heavy atom. The van der Waals surface area contributed by atoms with Gasteiger partial charge in [-0.1, -0.05) is 47.5 Å². The summed E-state index contributed by atoms with van der Waals surface area (Å²) in [6.07, 6.45) is 5.88. The molecule has 0 aliphatic carbocycles. The van der Waals surface area contributed by atoms with Crippen LogP contribution in [0.25, 0.3) is 0 Å². The average Bonchev–Trinajstić information content (AvgIpc) is 3.68. The third-order valence-corrected chi connectivity index (χ3v) is 10.1. The molecule has 1 aliphatic rings. The Labute approximate surface area is 354 Å². The zero-order valence-corrected chi connectivity index (χ0v) is 39.7. The number of thiazole rings is 1. The molecule has 6 atom stereocenters. The second kappa shape index (κ2) is 23.9. The van der Waals surface area contributed by atoms with Crippen LogP contribution in [0.5, 0.6) is 0 Å². The molecule has 1 fully saturated rings. The van der Waals surface area contributed by atoms with Crippen molar-refractivity contribution in [1.82, 2.24) is 25.8 Å². The molecule has 49 heavy (non-hydrogen) atoms. The molecule has 14 heteroatoms. The molecule has 269 valence electrons. The first-order chi connectivity index (χ1) is 22.2. The fraction of sp³-hybridized carbons (Fsp3) is 0.600. The van der Waals surface area contributed by atoms with Gasteiger partial charge in [0.2, 0.25) is 11.8 Å². The summed E-state index contributed by atoms with van der Waals surface area (Å²) in [5.74, 6) is -0.720. The molecule has 1 radical (unpaired) electrons. The molecular formula is C35H51N5O4S2UVW-2. The molecular weight excluding hydrogens is 1090 g/mol. The molecule has 3 N–H and O–H groups in total. The van der Waals surface area contributed by atoms with Gasteiger partial charge in [0.1, 0.15) is 17.5 Å². The van der Waals surface area contributed by atoms with E-state index in [-0.39, 0.29) is 142 Å². The number of amides is 3. The Hall–Kier alpha value is -0.565. The Morgan fingerprint density at radius 3 is 2.47 bits per heavy atom. The number of hydrogen-bond donors (Lipinski definition) is 4. The van der Waals surface area contributed by atoms with Crippen molar-refractivity contribution in [3.63, 3.8) is 0 Å². The van der Waals surface area contributed by atoms with Gasteiger partial charge in [0, 0.05) is 95.5 Å². The van der Waals surface area contributed by atoms with Crippen molar-refractivity contribution < 1.29 is 91.3 Å². The predicted octanol–water partition coefficient (Wildman–Crippen LogP) is 4.89. The van der Waals surface area contributed by atoms with E-state index in [1.807, 2.05) is 53.0 Å². The molecule has 0 bridgehead atoms. The minimum absolute atomic E-state index is 0. The van der Waals surface area contributed by atoms with E-state index in [4.69, 9.17) is 1.37 Å². The molecule has 0 saturated carbocycles. The number of nitrogens with zero attached hydrogens (tertiary/aromatic N) is 2. The number of hydrogen-bond acceptors (Lipinski definition) is 8. The van der Waals surface area contributed by atoms with Gasteiger partial charge in [-0.05, 0) is 56.6 Å². The average molecular weight is 1140 g/mol. The standard InChI is InChI=1S/C35H51N5O4S2.U.V.W/c1-8-22(4)32(39-34(43)30-13-10-16-40(30)7)35(44)38-28(21(2)3)14-15-31-37-29(20-46-31)33(42)36-26(17-23(5)24(6)41)18-25-11-9-12-27(45)19-25;;;/h11-12,15,19-23,26,28,30,32,45H,8,10,13-14,16-18H2,1-7H3,(H,36,42)(H,38,44)(H,39,43);;;/q-2;;;/i12T;;;. The number of likely N-dealkylation sites (tertiary alicyclic amines) is 1. The van der Waals surface area contributed by atoms with Gasteiger partial charge in [0.25, 0.3) is 5.91 Å². The van der Waals surface area contributed by atoms with Gasteiger partial charge in [-0.15, -0.1) is 11.3 Å². The maximum atomic E-state index is 13.5. The first-order valence-electron chi connectivity index (χ1n) is 16.8. The molecule has 9 nitrogen and oxygen atoms in total. The second-order valence-corrected chi connectivity index (χ2v) is 14.4. The molecule has 1 aromatic carbocycles. The number of carbonyl (C=O) groups is 4. The molecule has 1 saturated heterocycles. The molecule has 2 aromatic rings. The monoisotopic (exact) mass is 1140 g/mol. The van der Waals surface area contributed by atoms with E-state index < -0.39 is 6.04 Å². The predicted molar refractivity (Wildman–Crippen MR) is 186 cm³/mol. The van der Waals surface area contributed by atoms with E-state index in [1.54, 1.807) is 24.4 Å². The van der Waals surface area contributed by atoms with Crippen LogP contribution in [0.4, 0.5) is 0 Å². The number of likely N-dealkylation sites (N-methyl/N-ethyl adjacent to an activating group) is 1. The quantitative estimate of drug-likeness (QED) is 0.133. The van der Waals surface area contributed by atoms with Crippen molar-refractivity contribution in [2.24, 2.45) is 17.8 Å². The summed E-state index contributed by atoms with van der Waals surface area (Å²) in [4.78, 5) is 59.0. The number of aromatic nitrogens is 1. The largest absolute Gasteiger partial charge is 0.354 e. The fourth-order valence-electron chi connectivity index (χ4n) is 5.58. The van der Waals surface area contributed by atoms with Crippen LogP contribution in [0.15, 0.2) is 28.5 Å². The van der Waals surface area contributed by atoms with Crippen LogP contribution in [0, 0.1) is 61.4 Å². The van der Waals surface area contributed by atoms with Gasteiger partial charge < -0.3 is 22.4 Å². The van der Waals surface area contributed by atoms with Crippen LogP contribution >= 0.6 is 24.0 Å². The van der Waals surface area contributed by atoms with Gasteiger partial charge >= 0.3 is 0 Å². The third-order valence-electron chi connectivity index (χ3n) is 8.98. The minimum Gasteiger partial charge on any atom is -0.354 e. The summed E-state index contributed by atoms with van der Waals surface area (Å²) in [5.41, 5.74) is 1.15. The van der Waals surface area contributed by atoms with Gasteiger partial charge in [0.15, 0.2) is 0 Å². The Morgan fingerprint density at radius 1 is 1.20 bits per heavy atom. The topological polar surface area (TPSA) is 120 Å². The van der Waals surface area contributed by atoms with Crippen molar-refractivity contribution in [3.05, 3.63) is 52.3 Å². The van der Waals surface area contributed by atoms with E-state index in [0.717, 1.165) is 31.4 Å². The van der Waals surface area contributed by atoms with Crippen LogP contribution in [0.2, 0.25) is 0 Å². The van der Waals surface area contributed by atoms with Crippen molar-refractivity contribution in [2.45, 2.75) is 109 Å². The summed E-state index contributed by atoms with van der Waals surface area (Å²) < 4.78 is 7.82. The van der Waals surface area contributed by atoms with E-state index in [1.165, 1.54) is 11.3 Å². The van der Waals surface area contributed by atoms with Crippen LogP contribution < -0.4 is 16.0 Å². The summed E-state index contributed by atoms with van der Waals surface area (Å²) in [7, 11) is 1.94. The third kappa shape index (κ3) is 15.5. The Balaban J connectivity index is 0.00000800. The summed E-state index contributed by atoms with van der Waals surface area (Å²) in [5, 5.41) is 11.6. The molecule has 2 heterocycles. The van der Waals surface area contributed by atoms with Crippen molar-refractivity contribution in [2.75, 3.05) is 13.6 Å². The number of rotatable bonds is 17. The zero-order chi connectivity index (χ0) is 34.8. The number of benzene rings is 1. The number of ketones is 1. The van der Waals surface area contributed by atoms with Crippen LogP contribution in [0.3, 0.4) is 0 Å². The van der Waals surface area contributed by atoms with Crippen molar-refractivity contribution in [3.8, 4) is 0 Å². The first kappa shape index (κ1) is 46.5. The second-order valence-electron chi connectivity index (χ2n) is 13.0. The van der Waals surface area contributed by atoms with Crippen molar-refractivity contribution in [1.29, 1.82) is 0 Å². The summed E-state index contributed by atoms with van der Waals surface area (Å²) >= 11 is 5.68. The summed E-state index contributed by atoms with van der Waals surface area (Å²) in [6.45, 7) is 12.3. The Kier molecular flexibility index (Phi) is 22.6. The molecule has 3 rings (SSSR count). The number of carbonyl (C=O) groups excluding carboxylic acids is 4. The maximum Gasteiger partial charge on any atom is 0.270 e. The fourth-order valence-corrected chi connectivity index (χ4v) is 6.55. The number of Topliss-reactive ketones (excluding diaryl/α,β-unsaturated/α-hetero) is 1. The normalized spacial score (nSPS) is 17.5. The molecule has 0 spiro atoms. The van der Waals surface area contributed by atoms with Gasteiger partial charge in [-0.2, -0.15) is 41.1 Å². The molecule has 6 unspecified atom stereocenters. The molecule has 1 aromatic heterocycles.